The Bertz CT molecular complexity index is 24.3. The molecule has 0 amide bonds. The molecule has 0 bridgehead atoms. The third-order valence-electron chi connectivity index (χ3n) is 0. The lowest BCUT2D eigenvalue weighted by molar-refractivity contribution is -0.297. The lowest BCUT2D eigenvalue weighted by Gasteiger charge is -2.01. The molecule has 0 fully saturated rings. The molecule has 0 aromatic carbocycles. The summed E-state index contributed by atoms with van der Waals surface area (Å²) < 4.78 is 0. The average Bonchev–Trinajstić information content (AvgIpc) is 0.722. The van der Waals surface area contributed by atoms with E-state index in [9.17, 15) is 0 Å². The zero-order valence-electron chi connectivity index (χ0n) is 3.25. The van der Waals surface area contributed by atoms with Crippen molar-refractivity contribution in [1.82, 2.24) is 0 Å². The molecule has 40 valence electrons. The maximum absolute atomic E-state index is 7.63. The minimum Gasteiger partial charge on any atom is -0.344 e. The molecule has 0 aromatic rings. The molecule has 0 saturated carbocycles. The summed E-state index contributed by atoms with van der Waals surface area (Å²) in [5.41, 5.74) is 0. The Labute approximate surface area is 41.6 Å². The summed E-state index contributed by atoms with van der Waals surface area (Å²) in [5.74, 6) is -2.50. The predicted octanol–water partition coefficient (Wildman–Crippen LogP) is -0.941. The topological polar surface area (TPSA) is 60.7 Å². The van der Waals surface area contributed by atoms with E-state index in [1.807, 2.05) is 0 Å². The number of rotatable bonds is 0. The average molecular weight is 115 g/mol. The molecule has 3 nitrogen and oxygen atoms in total. The first-order valence-corrected chi connectivity index (χ1v) is 1.17. The fourth-order valence-corrected chi connectivity index (χ4v) is 0. The molecule has 0 aliphatic rings. The van der Waals surface area contributed by atoms with E-state index >= 15 is 0 Å². The summed E-state index contributed by atoms with van der Waals surface area (Å²) in [6.07, 6.45) is 0. The normalized spacial score (nSPS) is 10.0. The fourth-order valence-electron chi connectivity index (χ4n) is 0. The standard InChI is InChI=1S/C2H6O3.ClH/c1-2(3,4)5;/h3-5H,1H3;1H. The van der Waals surface area contributed by atoms with Crippen LogP contribution in [-0.2, 0) is 0 Å². The highest BCUT2D eigenvalue weighted by Crippen LogP contribution is 1.82. The minimum atomic E-state index is -2.50. The highest BCUT2D eigenvalue weighted by Gasteiger charge is 2.03. The first-order valence-electron chi connectivity index (χ1n) is 1.17. The van der Waals surface area contributed by atoms with Gasteiger partial charge in [0.05, 0.1) is 0 Å². The van der Waals surface area contributed by atoms with Crippen LogP contribution in [0.3, 0.4) is 0 Å². The monoisotopic (exact) mass is 114 g/mol. The molecule has 0 heterocycles. The van der Waals surface area contributed by atoms with Crippen molar-refractivity contribution >= 4 is 12.4 Å². The number of hydrogen-bond donors (Lipinski definition) is 3. The van der Waals surface area contributed by atoms with E-state index in [2.05, 4.69) is 0 Å². The second-order valence-electron chi connectivity index (χ2n) is 0.971. The van der Waals surface area contributed by atoms with E-state index in [1.165, 1.54) is 0 Å². The van der Waals surface area contributed by atoms with Gasteiger partial charge in [0.15, 0.2) is 0 Å². The Morgan fingerprint density at radius 3 is 1.17 bits per heavy atom. The van der Waals surface area contributed by atoms with Crippen LogP contribution < -0.4 is 0 Å². The Morgan fingerprint density at radius 2 is 1.17 bits per heavy atom. The smallest absolute Gasteiger partial charge is 0.272 e. The molecule has 4 heteroatoms. The SMILES string of the molecule is CC(O)(O)O.Cl. The van der Waals surface area contributed by atoms with E-state index in [0.717, 1.165) is 6.92 Å². The zero-order chi connectivity index (χ0) is 4.50. The van der Waals surface area contributed by atoms with Crippen LogP contribution in [0.25, 0.3) is 0 Å². The Kier molecular flexibility index (Phi) is 3.73. The van der Waals surface area contributed by atoms with Crippen molar-refractivity contribution in [3.8, 4) is 0 Å². The van der Waals surface area contributed by atoms with Gasteiger partial charge in [-0.15, -0.1) is 12.4 Å². The summed E-state index contributed by atoms with van der Waals surface area (Å²) >= 11 is 0. The predicted molar refractivity (Wildman–Crippen MR) is 22.3 cm³/mol. The van der Waals surface area contributed by atoms with Gasteiger partial charge >= 0.3 is 0 Å². The van der Waals surface area contributed by atoms with Gasteiger partial charge < -0.3 is 15.3 Å². The van der Waals surface area contributed by atoms with Gasteiger partial charge in [-0.3, -0.25) is 0 Å². The van der Waals surface area contributed by atoms with Gasteiger partial charge in [-0.05, 0) is 0 Å². The molecule has 0 unspecified atom stereocenters. The van der Waals surface area contributed by atoms with Crippen molar-refractivity contribution < 1.29 is 15.3 Å². The maximum atomic E-state index is 7.63. The van der Waals surface area contributed by atoms with E-state index in [0.29, 0.717) is 0 Å². The fraction of sp³-hybridized carbons (Fsp3) is 1.00. The van der Waals surface area contributed by atoms with Gasteiger partial charge in [0.25, 0.3) is 5.97 Å². The molecule has 0 saturated heterocycles. The van der Waals surface area contributed by atoms with Crippen LogP contribution in [0.5, 0.6) is 0 Å². The number of halogens is 1. The Morgan fingerprint density at radius 1 is 1.17 bits per heavy atom. The van der Waals surface area contributed by atoms with Crippen LogP contribution in [0.1, 0.15) is 6.92 Å². The molecular weight excluding hydrogens is 107 g/mol. The third kappa shape index (κ3) is 1450. The highest BCUT2D eigenvalue weighted by molar-refractivity contribution is 5.85. The van der Waals surface area contributed by atoms with Crippen molar-refractivity contribution in [3.63, 3.8) is 0 Å². The second kappa shape index (κ2) is 2.36. The van der Waals surface area contributed by atoms with Gasteiger partial charge in [-0.2, -0.15) is 0 Å². The molecule has 6 heavy (non-hydrogen) atoms. The van der Waals surface area contributed by atoms with Crippen LogP contribution in [-0.4, -0.2) is 21.3 Å². The summed E-state index contributed by atoms with van der Waals surface area (Å²) in [5, 5.41) is 22.9. The summed E-state index contributed by atoms with van der Waals surface area (Å²) in [4.78, 5) is 0. The van der Waals surface area contributed by atoms with Crippen LogP contribution >= 0.6 is 12.4 Å². The quantitative estimate of drug-likeness (QED) is 0.356. The van der Waals surface area contributed by atoms with Crippen molar-refractivity contribution in [2.24, 2.45) is 0 Å². The summed E-state index contributed by atoms with van der Waals surface area (Å²) in [6.45, 7) is 0.854. The van der Waals surface area contributed by atoms with Crippen LogP contribution in [0.4, 0.5) is 0 Å². The Balaban J connectivity index is 0. The number of hydrogen-bond acceptors (Lipinski definition) is 3. The zero-order valence-corrected chi connectivity index (χ0v) is 4.07. The molecule has 0 aliphatic heterocycles. The molecule has 0 atom stereocenters. The van der Waals surface area contributed by atoms with Crippen molar-refractivity contribution in [2.75, 3.05) is 0 Å². The van der Waals surface area contributed by atoms with Gasteiger partial charge in [0.1, 0.15) is 0 Å². The highest BCUT2D eigenvalue weighted by atomic mass is 35.5. The van der Waals surface area contributed by atoms with Gasteiger partial charge in [0, 0.05) is 6.92 Å². The third-order valence-corrected chi connectivity index (χ3v) is 0. The van der Waals surface area contributed by atoms with Crippen LogP contribution in [0.15, 0.2) is 0 Å². The lowest BCUT2D eigenvalue weighted by Crippen LogP contribution is -2.20. The van der Waals surface area contributed by atoms with Crippen molar-refractivity contribution in [3.05, 3.63) is 0 Å². The minimum absolute atomic E-state index is 0. The lowest BCUT2D eigenvalue weighted by atomic mass is 10.7. The van der Waals surface area contributed by atoms with Gasteiger partial charge in [-0.25, -0.2) is 0 Å². The molecular formula is C2H7ClO3. The molecule has 0 aliphatic carbocycles. The Hall–Kier alpha value is 0.170. The maximum Gasteiger partial charge on any atom is 0.272 e. The van der Waals surface area contributed by atoms with Crippen molar-refractivity contribution in [2.45, 2.75) is 12.9 Å². The first-order chi connectivity index (χ1) is 2.00. The van der Waals surface area contributed by atoms with E-state index in [1.54, 1.807) is 0 Å². The molecule has 3 N–H and O–H groups in total. The second-order valence-corrected chi connectivity index (χ2v) is 0.971. The molecule has 0 aromatic heterocycles. The van der Waals surface area contributed by atoms with E-state index in [4.69, 9.17) is 15.3 Å². The molecule has 0 spiro atoms. The van der Waals surface area contributed by atoms with E-state index < -0.39 is 5.97 Å². The van der Waals surface area contributed by atoms with Gasteiger partial charge in [0.2, 0.25) is 0 Å². The molecule has 0 rings (SSSR count). The van der Waals surface area contributed by atoms with Crippen LogP contribution in [0, 0.1) is 0 Å². The summed E-state index contributed by atoms with van der Waals surface area (Å²) in [7, 11) is 0. The first kappa shape index (κ1) is 9.48. The number of aliphatic hydroxyl groups is 3. The van der Waals surface area contributed by atoms with Gasteiger partial charge in [-0.1, -0.05) is 0 Å². The largest absolute Gasteiger partial charge is 0.344 e. The van der Waals surface area contributed by atoms with Crippen molar-refractivity contribution in [1.29, 1.82) is 0 Å². The van der Waals surface area contributed by atoms with E-state index in [-0.39, 0.29) is 12.4 Å². The molecule has 0 radical (unpaired) electrons. The summed E-state index contributed by atoms with van der Waals surface area (Å²) in [6, 6.07) is 0. The van der Waals surface area contributed by atoms with Crippen LogP contribution in [0.2, 0.25) is 0 Å².